The molecule has 0 spiro atoms. The number of carboxylic acids is 1. The Morgan fingerprint density at radius 3 is 2.12 bits per heavy atom. The molecule has 0 bridgehead atoms. The third-order valence-electron chi connectivity index (χ3n) is 1.81. The van der Waals surface area contributed by atoms with Gasteiger partial charge in [0.2, 0.25) is 5.91 Å². The Morgan fingerprint density at radius 1 is 1.12 bits per heavy atom. The van der Waals surface area contributed by atoms with Crippen molar-refractivity contribution in [3.05, 3.63) is 0 Å². The Morgan fingerprint density at radius 2 is 1.69 bits per heavy atom. The molecule has 0 radical (unpaired) electrons. The summed E-state index contributed by atoms with van der Waals surface area (Å²) in [4.78, 5) is 32.9. The van der Waals surface area contributed by atoms with E-state index in [9.17, 15) is 14.4 Å². The number of aliphatic carboxylic acids is 1. The maximum atomic E-state index is 11.4. The van der Waals surface area contributed by atoms with Gasteiger partial charge in [-0.3, -0.25) is 9.59 Å². The minimum absolute atomic E-state index is 0.450. The second kappa shape index (κ2) is 6.65. The van der Waals surface area contributed by atoms with Crippen molar-refractivity contribution in [2.24, 2.45) is 0 Å². The molecular weight excluding hydrogens is 214 g/mol. The first-order valence-electron chi connectivity index (χ1n) is 4.96. The summed E-state index contributed by atoms with van der Waals surface area (Å²) in [5.74, 6) is -1.67. The molecule has 3 amide bonds. The lowest BCUT2D eigenvalue weighted by atomic mass is 10.2. The van der Waals surface area contributed by atoms with Crippen molar-refractivity contribution in [1.29, 1.82) is 0 Å². The lowest BCUT2D eigenvalue weighted by molar-refractivity contribution is -0.141. The number of carbonyl (C=O) groups excluding carboxylic acids is 2. The summed E-state index contributed by atoms with van der Waals surface area (Å²) in [6, 6.07) is -2.23. The summed E-state index contributed by atoms with van der Waals surface area (Å²) in [7, 11) is 0. The van der Waals surface area contributed by atoms with Gasteiger partial charge in [-0.2, -0.15) is 0 Å². The Labute approximate surface area is 93.6 Å². The fourth-order valence-corrected chi connectivity index (χ4v) is 0.874. The van der Waals surface area contributed by atoms with Crippen LogP contribution in [0.3, 0.4) is 0 Å². The highest BCUT2D eigenvalue weighted by Gasteiger charge is 2.19. The molecule has 0 aliphatic rings. The summed E-state index contributed by atoms with van der Waals surface area (Å²) in [6.45, 7) is 5.01. The van der Waals surface area contributed by atoms with Gasteiger partial charge in [-0.25, -0.2) is 4.79 Å². The number of rotatable bonds is 5. The molecule has 0 saturated carbocycles. The monoisotopic (exact) mass is 231 g/mol. The van der Waals surface area contributed by atoms with Gasteiger partial charge < -0.3 is 21.1 Å². The molecular formula is C9H17N3O4. The first-order valence-corrected chi connectivity index (χ1v) is 4.96. The van der Waals surface area contributed by atoms with E-state index in [1.54, 1.807) is 6.92 Å². The Balaban J connectivity index is 4.08. The van der Waals surface area contributed by atoms with Crippen LogP contribution in [0, 0.1) is 0 Å². The van der Waals surface area contributed by atoms with Gasteiger partial charge in [0.05, 0.1) is 0 Å². The van der Waals surface area contributed by atoms with Crippen LogP contribution in [0.4, 0.5) is 4.79 Å². The molecule has 2 atom stereocenters. The second-order valence-electron chi connectivity index (χ2n) is 3.29. The molecule has 0 saturated heterocycles. The predicted molar refractivity (Wildman–Crippen MR) is 56.9 cm³/mol. The van der Waals surface area contributed by atoms with Crippen molar-refractivity contribution in [3.63, 3.8) is 0 Å². The Bertz CT molecular complexity index is 280. The summed E-state index contributed by atoms with van der Waals surface area (Å²) < 4.78 is 0. The van der Waals surface area contributed by atoms with Crippen LogP contribution in [-0.4, -0.2) is 41.6 Å². The third kappa shape index (κ3) is 5.18. The van der Waals surface area contributed by atoms with Crippen molar-refractivity contribution >= 4 is 17.9 Å². The summed E-state index contributed by atoms with van der Waals surface area (Å²) in [6.07, 6.45) is 0. The fraction of sp³-hybridized carbons (Fsp3) is 0.667. The second-order valence-corrected chi connectivity index (χ2v) is 3.29. The lowest BCUT2D eigenvalue weighted by Gasteiger charge is -2.16. The third-order valence-corrected chi connectivity index (χ3v) is 1.81. The van der Waals surface area contributed by atoms with E-state index in [-0.39, 0.29) is 0 Å². The predicted octanol–water partition coefficient (Wildman–Crippen LogP) is -0.717. The minimum Gasteiger partial charge on any atom is -0.480 e. The van der Waals surface area contributed by atoms with Crippen molar-refractivity contribution < 1.29 is 19.5 Å². The van der Waals surface area contributed by atoms with Gasteiger partial charge in [0, 0.05) is 6.54 Å². The minimum atomic E-state index is -1.13. The highest BCUT2D eigenvalue weighted by molar-refractivity contribution is 5.89. The smallest absolute Gasteiger partial charge is 0.325 e. The highest BCUT2D eigenvalue weighted by atomic mass is 16.4. The molecule has 4 N–H and O–H groups in total. The number of hydrogen-bond donors (Lipinski definition) is 4. The van der Waals surface area contributed by atoms with Gasteiger partial charge in [0.1, 0.15) is 12.1 Å². The highest BCUT2D eigenvalue weighted by Crippen LogP contribution is 1.87. The van der Waals surface area contributed by atoms with Crippen LogP contribution in [0.1, 0.15) is 20.8 Å². The molecule has 0 unspecified atom stereocenters. The standard InChI is InChI=1S/C9H17N3O4/c1-4-10-9(16)12-5(2)7(13)11-6(3)8(14)15/h5-6H,4H2,1-3H3,(H,11,13)(H,14,15)(H2,10,12,16)/t5-,6-/m0/s1. The maximum absolute atomic E-state index is 11.4. The molecule has 7 heteroatoms. The fourth-order valence-electron chi connectivity index (χ4n) is 0.874. The van der Waals surface area contributed by atoms with Gasteiger partial charge in [-0.05, 0) is 20.8 Å². The van der Waals surface area contributed by atoms with Crippen LogP contribution in [-0.2, 0) is 9.59 Å². The van der Waals surface area contributed by atoms with E-state index in [2.05, 4.69) is 16.0 Å². The van der Waals surface area contributed by atoms with Gasteiger partial charge in [0.15, 0.2) is 0 Å². The van der Waals surface area contributed by atoms with E-state index < -0.39 is 30.0 Å². The first kappa shape index (κ1) is 14.2. The van der Waals surface area contributed by atoms with Crippen LogP contribution in [0.15, 0.2) is 0 Å². The molecule has 0 aromatic carbocycles. The molecule has 0 heterocycles. The van der Waals surface area contributed by atoms with Crippen molar-refractivity contribution in [2.45, 2.75) is 32.9 Å². The summed E-state index contributed by atoms with van der Waals surface area (Å²) >= 11 is 0. The van der Waals surface area contributed by atoms with Gasteiger partial charge >= 0.3 is 12.0 Å². The Hall–Kier alpha value is -1.79. The summed E-state index contributed by atoms with van der Waals surface area (Å²) in [5.41, 5.74) is 0. The SMILES string of the molecule is CCNC(=O)N[C@@H](C)C(=O)N[C@@H](C)C(=O)O. The molecule has 0 fully saturated rings. The van der Waals surface area contributed by atoms with E-state index in [4.69, 9.17) is 5.11 Å². The molecule has 0 aliphatic heterocycles. The largest absolute Gasteiger partial charge is 0.480 e. The van der Waals surface area contributed by atoms with Gasteiger partial charge in [-0.1, -0.05) is 0 Å². The van der Waals surface area contributed by atoms with Gasteiger partial charge in [-0.15, -0.1) is 0 Å². The molecule has 16 heavy (non-hydrogen) atoms. The van der Waals surface area contributed by atoms with Gasteiger partial charge in [0.25, 0.3) is 0 Å². The summed E-state index contributed by atoms with van der Waals surface area (Å²) in [5, 5.41) is 15.6. The number of carbonyl (C=O) groups is 3. The van der Waals surface area contributed by atoms with Crippen LogP contribution in [0.5, 0.6) is 0 Å². The van der Waals surface area contributed by atoms with E-state index >= 15 is 0 Å². The molecule has 0 rings (SSSR count). The first-order chi connectivity index (χ1) is 7.38. The number of amides is 3. The van der Waals surface area contributed by atoms with Crippen LogP contribution in [0.2, 0.25) is 0 Å². The van der Waals surface area contributed by atoms with E-state index in [0.29, 0.717) is 6.54 Å². The van der Waals surface area contributed by atoms with Crippen molar-refractivity contribution in [1.82, 2.24) is 16.0 Å². The zero-order valence-corrected chi connectivity index (χ0v) is 9.53. The molecule has 92 valence electrons. The molecule has 0 aliphatic carbocycles. The number of hydrogen-bond acceptors (Lipinski definition) is 3. The van der Waals surface area contributed by atoms with Crippen molar-refractivity contribution in [3.8, 4) is 0 Å². The van der Waals surface area contributed by atoms with Crippen LogP contribution >= 0.6 is 0 Å². The number of carboxylic acid groups (broad SMARTS) is 1. The quantitative estimate of drug-likeness (QED) is 0.501. The zero-order chi connectivity index (χ0) is 12.7. The van der Waals surface area contributed by atoms with Crippen molar-refractivity contribution in [2.75, 3.05) is 6.54 Å². The average molecular weight is 231 g/mol. The molecule has 0 aromatic rings. The normalized spacial score (nSPS) is 13.4. The van der Waals surface area contributed by atoms with Crippen LogP contribution in [0.25, 0.3) is 0 Å². The Kier molecular flexibility index (Phi) is 5.91. The molecule has 7 nitrogen and oxygen atoms in total. The lowest BCUT2D eigenvalue weighted by Crippen LogP contribution is -2.51. The molecule has 0 aromatic heterocycles. The number of nitrogens with one attached hydrogen (secondary N) is 3. The topological polar surface area (TPSA) is 108 Å². The number of urea groups is 1. The van der Waals surface area contributed by atoms with E-state index in [0.717, 1.165) is 0 Å². The van der Waals surface area contributed by atoms with E-state index in [1.165, 1.54) is 13.8 Å². The maximum Gasteiger partial charge on any atom is 0.325 e. The zero-order valence-electron chi connectivity index (χ0n) is 9.53. The van der Waals surface area contributed by atoms with E-state index in [1.807, 2.05) is 0 Å². The average Bonchev–Trinajstić information content (AvgIpc) is 2.17. The van der Waals surface area contributed by atoms with Crippen LogP contribution < -0.4 is 16.0 Å².